The van der Waals surface area contributed by atoms with Gasteiger partial charge in [-0.15, -0.1) is 0 Å². The van der Waals surface area contributed by atoms with E-state index in [2.05, 4.69) is 5.32 Å². The molecule has 0 spiro atoms. The van der Waals surface area contributed by atoms with Crippen LogP contribution in [0, 0.1) is 0 Å². The van der Waals surface area contributed by atoms with Crippen molar-refractivity contribution in [3.8, 4) is 11.5 Å². The second kappa shape index (κ2) is 5.48. The van der Waals surface area contributed by atoms with Crippen molar-refractivity contribution in [1.82, 2.24) is 10.2 Å². The molecular weight excluding hydrogens is 244 g/mol. The molecule has 104 valence electrons. The van der Waals surface area contributed by atoms with Crippen molar-refractivity contribution < 1.29 is 14.6 Å². The van der Waals surface area contributed by atoms with Crippen molar-refractivity contribution in [1.29, 1.82) is 0 Å². The van der Waals surface area contributed by atoms with Crippen LogP contribution >= 0.6 is 0 Å². The number of phenols is 1. The molecular formula is C14H20N2O3. The van der Waals surface area contributed by atoms with E-state index in [9.17, 15) is 9.90 Å². The second-order valence-electron chi connectivity index (χ2n) is 5.04. The van der Waals surface area contributed by atoms with E-state index in [0.717, 1.165) is 0 Å². The molecule has 0 aromatic heterocycles. The minimum absolute atomic E-state index is 0.0890. The van der Waals surface area contributed by atoms with E-state index < -0.39 is 0 Å². The van der Waals surface area contributed by atoms with Crippen LogP contribution in [0.15, 0.2) is 18.2 Å². The SMILES string of the molecule is COc1cccc(C(=O)N2CC(C)NC(C)C2)c1O. The molecule has 2 rings (SSSR count). The van der Waals surface area contributed by atoms with Crippen LogP contribution < -0.4 is 10.1 Å². The maximum absolute atomic E-state index is 12.5. The average Bonchev–Trinajstić information content (AvgIpc) is 2.37. The molecule has 19 heavy (non-hydrogen) atoms. The Hall–Kier alpha value is -1.75. The lowest BCUT2D eigenvalue weighted by Crippen LogP contribution is -2.55. The third-order valence-corrected chi connectivity index (χ3v) is 3.29. The number of nitrogens with zero attached hydrogens (tertiary/aromatic N) is 1. The van der Waals surface area contributed by atoms with Gasteiger partial charge in [0.2, 0.25) is 0 Å². The molecule has 0 saturated carbocycles. The van der Waals surface area contributed by atoms with Gasteiger partial charge in [0.1, 0.15) is 0 Å². The van der Waals surface area contributed by atoms with Crippen LogP contribution in [0.3, 0.4) is 0 Å². The highest BCUT2D eigenvalue weighted by Crippen LogP contribution is 2.30. The summed E-state index contributed by atoms with van der Waals surface area (Å²) in [6.07, 6.45) is 0. The van der Waals surface area contributed by atoms with E-state index in [-0.39, 0.29) is 23.7 Å². The Bertz CT molecular complexity index is 466. The summed E-state index contributed by atoms with van der Waals surface area (Å²) in [7, 11) is 1.47. The first-order valence-electron chi connectivity index (χ1n) is 6.44. The van der Waals surface area contributed by atoms with E-state index in [0.29, 0.717) is 24.4 Å². The van der Waals surface area contributed by atoms with Crippen LogP contribution in [0.2, 0.25) is 0 Å². The largest absolute Gasteiger partial charge is 0.504 e. The molecule has 1 saturated heterocycles. The van der Waals surface area contributed by atoms with Crippen LogP contribution in [-0.2, 0) is 0 Å². The number of amides is 1. The zero-order valence-electron chi connectivity index (χ0n) is 11.5. The van der Waals surface area contributed by atoms with Crippen molar-refractivity contribution in [3.05, 3.63) is 23.8 Å². The zero-order valence-corrected chi connectivity index (χ0v) is 11.5. The van der Waals surface area contributed by atoms with E-state index in [1.54, 1.807) is 23.1 Å². The van der Waals surface area contributed by atoms with E-state index in [1.165, 1.54) is 7.11 Å². The van der Waals surface area contributed by atoms with Crippen LogP contribution in [0.1, 0.15) is 24.2 Å². The van der Waals surface area contributed by atoms with Crippen molar-refractivity contribution in [2.45, 2.75) is 25.9 Å². The summed E-state index contributed by atoms with van der Waals surface area (Å²) < 4.78 is 5.03. The lowest BCUT2D eigenvalue weighted by atomic mass is 10.1. The molecule has 5 heteroatoms. The summed E-state index contributed by atoms with van der Waals surface area (Å²) in [5, 5.41) is 13.4. The predicted molar refractivity (Wildman–Crippen MR) is 72.6 cm³/mol. The average molecular weight is 264 g/mol. The molecule has 1 aromatic rings. The van der Waals surface area contributed by atoms with Crippen LogP contribution in [-0.4, -0.2) is 48.2 Å². The van der Waals surface area contributed by atoms with Crippen molar-refractivity contribution >= 4 is 5.91 Å². The highest BCUT2D eigenvalue weighted by molar-refractivity contribution is 5.97. The Balaban J connectivity index is 2.24. The lowest BCUT2D eigenvalue weighted by molar-refractivity contribution is 0.0670. The Kier molecular flexibility index (Phi) is 3.95. The molecule has 1 amide bonds. The number of carbonyl (C=O) groups is 1. The number of hydrogen-bond acceptors (Lipinski definition) is 4. The van der Waals surface area contributed by atoms with Crippen LogP contribution in [0.4, 0.5) is 0 Å². The van der Waals surface area contributed by atoms with Gasteiger partial charge in [-0.3, -0.25) is 4.79 Å². The summed E-state index contributed by atoms with van der Waals surface area (Å²) in [6.45, 7) is 5.36. The Labute approximate surface area is 113 Å². The predicted octanol–water partition coefficient (Wildman–Crippen LogP) is 1.22. The topological polar surface area (TPSA) is 61.8 Å². The molecule has 0 radical (unpaired) electrons. The summed E-state index contributed by atoms with van der Waals surface area (Å²) in [6, 6.07) is 5.47. The third kappa shape index (κ3) is 2.81. The number of rotatable bonds is 2. The monoisotopic (exact) mass is 264 g/mol. The molecule has 2 unspecified atom stereocenters. The van der Waals surface area contributed by atoms with Crippen LogP contribution in [0.5, 0.6) is 11.5 Å². The van der Waals surface area contributed by atoms with E-state index in [1.807, 2.05) is 13.8 Å². The molecule has 1 fully saturated rings. The fourth-order valence-corrected chi connectivity index (χ4v) is 2.52. The molecule has 1 aliphatic rings. The van der Waals surface area contributed by atoms with Gasteiger partial charge in [-0.1, -0.05) is 6.07 Å². The number of carbonyl (C=O) groups excluding carboxylic acids is 1. The number of benzene rings is 1. The highest BCUT2D eigenvalue weighted by atomic mass is 16.5. The quantitative estimate of drug-likeness (QED) is 0.843. The normalized spacial score (nSPS) is 23.2. The van der Waals surface area contributed by atoms with Gasteiger partial charge in [0.15, 0.2) is 11.5 Å². The number of aromatic hydroxyl groups is 1. The van der Waals surface area contributed by atoms with Gasteiger partial charge in [0.25, 0.3) is 5.91 Å². The number of piperazine rings is 1. The Morgan fingerprint density at radius 2 is 2.00 bits per heavy atom. The smallest absolute Gasteiger partial charge is 0.257 e. The first-order chi connectivity index (χ1) is 9.02. The summed E-state index contributed by atoms with van der Waals surface area (Å²) in [4.78, 5) is 14.2. The molecule has 1 heterocycles. The molecule has 2 atom stereocenters. The van der Waals surface area contributed by atoms with Gasteiger partial charge in [0, 0.05) is 25.2 Å². The number of nitrogens with one attached hydrogen (secondary N) is 1. The third-order valence-electron chi connectivity index (χ3n) is 3.29. The molecule has 5 nitrogen and oxygen atoms in total. The Morgan fingerprint density at radius 3 is 2.58 bits per heavy atom. The summed E-state index contributed by atoms with van der Waals surface area (Å²) >= 11 is 0. The summed E-state index contributed by atoms with van der Waals surface area (Å²) in [5.41, 5.74) is 0.292. The zero-order chi connectivity index (χ0) is 14.0. The van der Waals surface area contributed by atoms with E-state index >= 15 is 0 Å². The fraction of sp³-hybridized carbons (Fsp3) is 0.500. The molecule has 2 N–H and O–H groups in total. The van der Waals surface area contributed by atoms with E-state index in [4.69, 9.17) is 4.74 Å². The van der Waals surface area contributed by atoms with Gasteiger partial charge in [-0.2, -0.15) is 0 Å². The number of para-hydroxylation sites is 1. The van der Waals surface area contributed by atoms with Crippen molar-refractivity contribution in [2.24, 2.45) is 0 Å². The molecule has 0 bridgehead atoms. The van der Waals surface area contributed by atoms with Crippen LogP contribution in [0.25, 0.3) is 0 Å². The van der Waals surface area contributed by atoms with Gasteiger partial charge in [-0.05, 0) is 26.0 Å². The summed E-state index contributed by atoms with van der Waals surface area (Å²) in [5.74, 6) is 0.0764. The van der Waals surface area contributed by atoms with Crippen molar-refractivity contribution in [3.63, 3.8) is 0 Å². The Morgan fingerprint density at radius 1 is 1.37 bits per heavy atom. The van der Waals surface area contributed by atoms with Gasteiger partial charge < -0.3 is 20.1 Å². The van der Waals surface area contributed by atoms with Gasteiger partial charge in [0.05, 0.1) is 12.7 Å². The number of phenolic OH excluding ortho intramolecular Hbond substituents is 1. The standard InChI is InChI=1S/C14H20N2O3/c1-9-7-16(8-10(2)15-9)14(18)11-5-4-6-12(19-3)13(11)17/h4-6,9-10,15,17H,7-8H2,1-3H3. The number of hydrogen-bond donors (Lipinski definition) is 2. The minimum atomic E-state index is -0.156. The molecule has 0 aliphatic carbocycles. The maximum Gasteiger partial charge on any atom is 0.257 e. The number of methoxy groups -OCH3 is 1. The first kappa shape index (κ1) is 13.7. The molecule has 1 aromatic carbocycles. The molecule has 1 aliphatic heterocycles. The second-order valence-corrected chi connectivity index (χ2v) is 5.04. The maximum atomic E-state index is 12.5. The minimum Gasteiger partial charge on any atom is -0.504 e. The fourth-order valence-electron chi connectivity index (χ4n) is 2.52. The number of ether oxygens (including phenoxy) is 1. The van der Waals surface area contributed by atoms with Gasteiger partial charge >= 0.3 is 0 Å². The van der Waals surface area contributed by atoms with Crippen molar-refractivity contribution in [2.75, 3.05) is 20.2 Å². The first-order valence-corrected chi connectivity index (χ1v) is 6.44. The van der Waals surface area contributed by atoms with Gasteiger partial charge in [-0.25, -0.2) is 0 Å². The highest BCUT2D eigenvalue weighted by Gasteiger charge is 2.27. The lowest BCUT2D eigenvalue weighted by Gasteiger charge is -2.36.